The minimum atomic E-state index is -0.914. The highest BCUT2D eigenvalue weighted by Crippen LogP contribution is 2.28. The van der Waals surface area contributed by atoms with Crippen LogP contribution in [-0.2, 0) is 9.53 Å². The average Bonchev–Trinajstić information content (AvgIpc) is 2.47. The molecule has 0 saturated carbocycles. The Bertz CT molecular complexity index is 531. The molecule has 0 fully saturated rings. The predicted octanol–water partition coefficient (Wildman–Crippen LogP) is 0.937. The average molecular weight is 296 g/mol. The van der Waals surface area contributed by atoms with E-state index in [1.807, 2.05) is 0 Å². The Morgan fingerprint density at radius 2 is 2.24 bits per heavy atom. The molecule has 21 heavy (non-hydrogen) atoms. The van der Waals surface area contributed by atoms with Crippen LogP contribution in [0.25, 0.3) is 0 Å². The first-order valence-corrected chi connectivity index (χ1v) is 6.16. The summed E-state index contributed by atoms with van der Waals surface area (Å²) in [4.78, 5) is 32.6. The maximum atomic E-state index is 11.7. The molecule has 1 aromatic rings. The molecule has 0 aromatic heterocycles. The van der Waals surface area contributed by atoms with Crippen LogP contribution in [-0.4, -0.2) is 43.5 Å². The summed E-state index contributed by atoms with van der Waals surface area (Å²) in [5.74, 6) is -0.485. The molecule has 0 aliphatic rings. The van der Waals surface area contributed by atoms with E-state index in [-0.39, 0.29) is 17.0 Å². The molecule has 0 spiro atoms. The van der Waals surface area contributed by atoms with Crippen molar-refractivity contribution < 1.29 is 24.0 Å². The lowest BCUT2D eigenvalue weighted by atomic mass is 10.2. The minimum absolute atomic E-state index is 0.0695. The van der Waals surface area contributed by atoms with Crippen molar-refractivity contribution in [1.29, 1.82) is 0 Å². The zero-order chi connectivity index (χ0) is 15.8. The second-order valence-corrected chi connectivity index (χ2v) is 4.15. The van der Waals surface area contributed by atoms with E-state index >= 15 is 0 Å². The minimum Gasteiger partial charge on any atom is -0.474 e. The number of nitro groups is 1. The maximum Gasteiger partial charge on any atom is 0.311 e. The Hall–Kier alpha value is -2.48. The van der Waals surface area contributed by atoms with Crippen LogP contribution in [0.2, 0.25) is 0 Å². The van der Waals surface area contributed by atoms with Gasteiger partial charge in [-0.3, -0.25) is 19.7 Å². The fourth-order valence-electron chi connectivity index (χ4n) is 1.51. The van der Waals surface area contributed by atoms with Crippen LogP contribution in [0.3, 0.4) is 0 Å². The fraction of sp³-hybridized carbons (Fsp3) is 0.385. The summed E-state index contributed by atoms with van der Waals surface area (Å²) in [6.45, 7) is 2.14. The number of hydrogen-bond donors (Lipinski definition) is 1. The summed E-state index contributed by atoms with van der Waals surface area (Å²) < 4.78 is 10.1. The lowest BCUT2D eigenvalue weighted by molar-refractivity contribution is -0.386. The number of carbonyl (C=O) groups excluding carboxylic acids is 2. The number of hydrogen-bond acceptors (Lipinski definition) is 6. The summed E-state index contributed by atoms with van der Waals surface area (Å²) in [5.41, 5.74) is -0.206. The van der Waals surface area contributed by atoms with Crippen molar-refractivity contribution in [3.8, 4) is 5.75 Å². The van der Waals surface area contributed by atoms with Gasteiger partial charge in [-0.05, 0) is 19.1 Å². The van der Waals surface area contributed by atoms with E-state index in [9.17, 15) is 19.7 Å². The predicted molar refractivity (Wildman–Crippen MR) is 73.5 cm³/mol. The molecule has 114 valence electrons. The Morgan fingerprint density at radius 1 is 1.52 bits per heavy atom. The smallest absolute Gasteiger partial charge is 0.311 e. The molecule has 8 nitrogen and oxygen atoms in total. The van der Waals surface area contributed by atoms with Crippen molar-refractivity contribution in [3.05, 3.63) is 33.9 Å². The van der Waals surface area contributed by atoms with Crippen molar-refractivity contribution in [2.24, 2.45) is 0 Å². The van der Waals surface area contributed by atoms with Crippen molar-refractivity contribution in [1.82, 2.24) is 5.32 Å². The van der Waals surface area contributed by atoms with Gasteiger partial charge in [0.1, 0.15) is 6.29 Å². The largest absolute Gasteiger partial charge is 0.474 e. The van der Waals surface area contributed by atoms with E-state index in [1.54, 1.807) is 0 Å². The lowest BCUT2D eigenvalue weighted by Crippen LogP contribution is -2.38. The molecule has 0 heterocycles. The Kier molecular flexibility index (Phi) is 6.28. The molecule has 0 unspecified atom stereocenters. The zero-order valence-electron chi connectivity index (χ0n) is 11.7. The highest BCUT2D eigenvalue weighted by atomic mass is 16.6. The molecule has 1 atom stereocenters. The molecule has 1 N–H and O–H groups in total. The summed E-state index contributed by atoms with van der Waals surface area (Å²) in [5, 5.41) is 13.5. The van der Waals surface area contributed by atoms with Gasteiger partial charge < -0.3 is 14.8 Å². The number of nitrogens with one attached hydrogen (secondary N) is 1. The molecule has 0 radical (unpaired) electrons. The topological polar surface area (TPSA) is 108 Å². The number of aldehydes is 1. The number of rotatable bonds is 8. The first kappa shape index (κ1) is 16.6. The van der Waals surface area contributed by atoms with Crippen LogP contribution in [0.1, 0.15) is 17.3 Å². The van der Waals surface area contributed by atoms with Gasteiger partial charge in [0, 0.05) is 25.3 Å². The molecule has 1 aromatic carbocycles. The highest BCUT2D eigenvalue weighted by molar-refractivity contribution is 5.81. The van der Waals surface area contributed by atoms with Gasteiger partial charge in [-0.2, -0.15) is 0 Å². The molecule has 0 bridgehead atoms. The van der Waals surface area contributed by atoms with Gasteiger partial charge in [-0.1, -0.05) is 0 Å². The molecule has 0 aliphatic carbocycles. The van der Waals surface area contributed by atoms with Crippen LogP contribution in [0.5, 0.6) is 5.75 Å². The van der Waals surface area contributed by atoms with Crippen LogP contribution in [0, 0.1) is 10.1 Å². The normalized spacial score (nSPS) is 11.5. The Labute approximate surface area is 121 Å². The summed E-state index contributed by atoms with van der Waals surface area (Å²) in [6, 6.07) is 3.77. The van der Waals surface area contributed by atoms with Crippen LogP contribution < -0.4 is 10.1 Å². The van der Waals surface area contributed by atoms with Gasteiger partial charge in [-0.15, -0.1) is 0 Å². The van der Waals surface area contributed by atoms with Crippen LogP contribution >= 0.6 is 0 Å². The first-order valence-electron chi connectivity index (χ1n) is 6.16. The van der Waals surface area contributed by atoms with Crippen molar-refractivity contribution in [2.75, 3.05) is 20.3 Å². The second kappa shape index (κ2) is 7.95. The third kappa shape index (κ3) is 4.84. The molecule has 8 heteroatoms. The van der Waals surface area contributed by atoms with Crippen molar-refractivity contribution >= 4 is 17.9 Å². The Morgan fingerprint density at radius 3 is 2.81 bits per heavy atom. The SMILES string of the molecule is COCCNC(=O)[C@H](C)Oc1ccc(C=O)cc1[N+](=O)[O-]. The van der Waals surface area contributed by atoms with E-state index < -0.39 is 16.9 Å². The second-order valence-electron chi connectivity index (χ2n) is 4.15. The van der Waals surface area contributed by atoms with Crippen LogP contribution in [0.4, 0.5) is 5.69 Å². The monoisotopic (exact) mass is 296 g/mol. The lowest BCUT2D eigenvalue weighted by Gasteiger charge is -2.14. The quantitative estimate of drug-likeness (QED) is 0.331. The molecule has 1 amide bonds. The van der Waals surface area contributed by atoms with Gasteiger partial charge in [0.15, 0.2) is 11.9 Å². The van der Waals surface area contributed by atoms with Gasteiger partial charge in [0.25, 0.3) is 5.91 Å². The van der Waals surface area contributed by atoms with Gasteiger partial charge in [-0.25, -0.2) is 0 Å². The van der Waals surface area contributed by atoms with Gasteiger partial charge in [0.2, 0.25) is 0 Å². The molecule has 1 rings (SSSR count). The third-order valence-corrected chi connectivity index (χ3v) is 2.59. The van der Waals surface area contributed by atoms with Gasteiger partial charge >= 0.3 is 5.69 Å². The van der Waals surface area contributed by atoms with Crippen molar-refractivity contribution in [3.63, 3.8) is 0 Å². The van der Waals surface area contributed by atoms with E-state index in [0.29, 0.717) is 19.4 Å². The highest BCUT2D eigenvalue weighted by Gasteiger charge is 2.21. The molecular weight excluding hydrogens is 280 g/mol. The van der Waals surface area contributed by atoms with E-state index in [2.05, 4.69) is 5.32 Å². The zero-order valence-corrected chi connectivity index (χ0v) is 11.7. The standard InChI is InChI=1S/C13H16N2O6/c1-9(13(17)14-5-6-20-2)21-12-4-3-10(8-16)7-11(12)15(18)19/h3-4,7-9H,5-6H2,1-2H3,(H,14,17)/t9-/m0/s1. The number of methoxy groups -OCH3 is 1. The fourth-order valence-corrected chi connectivity index (χ4v) is 1.51. The van der Waals surface area contributed by atoms with E-state index in [1.165, 1.54) is 26.2 Å². The number of nitro benzene ring substituents is 1. The summed E-state index contributed by atoms with van der Waals surface area (Å²) in [6.07, 6.45) is -0.417. The van der Waals surface area contributed by atoms with E-state index in [4.69, 9.17) is 9.47 Å². The van der Waals surface area contributed by atoms with Gasteiger partial charge in [0.05, 0.1) is 11.5 Å². The number of ether oxygens (including phenoxy) is 2. The number of benzene rings is 1. The van der Waals surface area contributed by atoms with Crippen LogP contribution in [0.15, 0.2) is 18.2 Å². The van der Waals surface area contributed by atoms with E-state index in [0.717, 1.165) is 6.07 Å². The molecule has 0 saturated heterocycles. The summed E-state index contributed by atoms with van der Waals surface area (Å²) in [7, 11) is 1.50. The summed E-state index contributed by atoms with van der Waals surface area (Å²) >= 11 is 0. The van der Waals surface area contributed by atoms with Crippen molar-refractivity contribution in [2.45, 2.75) is 13.0 Å². The number of nitrogens with zero attached hydrogens (tertiary/aromatic N) is 1. The first-order chi connectivity index (χ1) is 9.99. The molecule has 0 aliphatic heterocycles. The number of carbonyl (C=O) groups is 2. The molecular formula is C13H16N2O6. The Balaban J connectivity index is 2.79. The third-order valence-electron chi connectivity index (χ3n) is 2.59. The maximum absolute atomic E-state index is 11.7. The number of amides is 1.